The van der Waals surface area contributed by atoms with Crippen LogP contribution in [0.2, 0.25) is 0 Å². The van der Waals surface area contributed by atoms with Crippen molar-refractivity contribution in [2.45, 2.75) is 33.6 Å². The second-order valence-electron chi connectivity index (χ2n) is 2.84. The minimum Gasteiger partial charge on any atom is -0.319 e. The largest absolute Gasteiger partial charge is 0.319 e. The monoisotopic (exact) mass is 129 g/mol. The van der Waals surface area contributed by atoms with Gasteiger partial charge in [0.25, 0.3) is 0 Å². The molecule has 0 aromatic carbocycles. The Morgan fingerprint density at radius 1 is 1.33 bits per heavy atom. The highest BCUT2D eigenvalue weighted by molar-refractivity contribution is 4.89. The predicted molar refractivity (Wildman–Crippen MR) is 42.6 cm³/mol. The molecule has 1 heteroatoms. The summed E-state index contributed by atoms with van der Waals surface area (Å²) in [5, 5.41) is 3.17. The van der Waals surface area contributed by atoms with E-state index in [2.05, 4.69) is 12.2 Å². The fourth-order valence-electron chi connectivity index (χ4n) is 0.817. The maximum atomic E-state index is 3.17. The van der Waals surface area contributed by atoms with Crippen LogP contribution in [0.5, 0.6) is 0 Å². The molecule has 1 N–H and O–H groups in total. The summed E-state index contributed by atoms with van der Waals surface area (Å²) in [4.78, 5) is 0. The molecule has 0 aromatic rings. The first-order valence-corrected chi connectivity index (χ1v) is 3.91. The first-order chi connectivity index (χ1) is 4.27. The molecule has 1 saturated carbocycles. The molecule has 9 heavy (non-hydrogen) atoms. The van der Waals surface area contributed by atoms with Crippen LogP contribution in [0, 0.1) is 5.41 Å². The summed E-state index contributed by atoms with van der Waals surface area (Å²) in [7, 11) is 2.02. The molecule has 0 radical (unpaired) electrons. The first-order valence-electron chi connectivity index (χ1n) is 3.91. The zero-order valence-corrected chi connectivity index (χ0v) is 7.12. The molecule has 0 atom stereocenters. The highest BCUT2D eigenvalue weighted by Gasteiger charge is 2.35. The summed E-state index contributed by atoms with van der Waals surface area (Å²) in [5.74, 6) is 0. The van der Waals surface area contributed by atoms with Gasteiger partial charge in [-0.3, -0.25) is 0 Å². The Morgan fingerprint density at radius 2 is 1.78 bits per heavy atom. The van der Waals surface area contributed by atoms with E-state index in [4.69, 9.17) is 0 Å². The fraction of sp³-hybridized carbons (Fsp3) is 1.00. The average molecular weight is 129 g/mol. The Bertz CT molecular complexity index is 65.0. The molecule has 0 saturated heterocycles. The van der Waals surface area contributed by atoms with Gasteiger partial charge in [-0.05, 0) is 25.3 Å². The molecule has 1 aliphatic rings. The van der Waals surface area contributed by atoms with Crippen LogP contribution in [-0.2, 0) is 0 Å². The summed E-state index contributed by atoms with van der Waals surface area (Å²) in [6, 6.07) is 0. The third kappa shape index (κ3) is 3.52. The molecule has 1 aliphatic carbocycles. The van der Waals surface area contributed by atoms with Gasteiger partial charge in [0.05, 0.1) is 0 Å². The molecule has 0 bridgehead atoms. The van der Waals surface area contributed by atoms with Gasteiger partial charge in [0.1, 0.15) is 0 Å². The molecule has 0 unspecified atom stereocenters. The Morgan fingerprint density at radius 3 is 1.89 bits per heavy atom. The zero-order valence-electron chi connectivity index (χ0n) is 7.12. The van der Waals surface area contributed by atoms with Crippen molar-refractivity contribution in [3.8, 4) is 0 Å². The van der Waals surface area contributed by atoms with Crippen molar-refractivity contribution >= 4 is 0 Å². The molecule has 1 rings (SSSR count). The molecular formula is C8H19N. The Balaban J connectivity index is 0.000000291. The van der Waals surface area contributed by atoms with Gasteiger partial charge in [0.15, 0.2) is 0 Å². The van der Waals surface area contributed by atoms with Crippen LogP contribution in [0.4, 0.5) is 0 Å². The Labute approximate surface area is 58.8 Å². The number of nitrogens with one attached hydrogen (secondary N) is 1. The molecule has 56 valence electrons. The molecule has 0 amide bonds. The number of rotatable bonds is 2. The van der Waals surface area contributed by atoms with E-state index in [1.165, 1.54) is 19.4 Å². The molecule has 0 spiro atoms. The van der Waals surface area contributed by atoms with Crippen molar-refractivity contribution in [1.29, 1.82) is 0 Å². The van der Waals surface area contributed by atoms with Crippen LogP contribution >= 0.6 is 0 Å². The molecular weight excluding hydrogens is 110 g/mol. The lowest BCUT2D eigenvalue weighted by Gasteiger charge is -2.03. The Kier molecular flexibility index (Phi) is 3.87. The van der Waals surface area contributed by atoms with E-state index in [0.717, 1.165) is 0 Å². The average Bonchev–Trinajstić information content (AvgIpc) is 2.55. The SMILES string of the molecule is CC.CNCC1(C)CC1. The van der Waals surface area contributed by atoms with E-state index in [1.54, 1.807) is 0 Å². The minimum absolute atomic E-state index is 0.689. The topological polar surface area (TPSA) is 12.0 Å². The van der Waals surface area contributed by atoms with Gasteiger partial charge in [0.2, 0.25) is 0 Å². The fourth-order valence-corrected chi connectivity index (χ4v) is 0.817. The minimum atomic E-state index is 0.689. The zero-order chi connectivity index (χ0) is 7.33. The summed E-state index contributed by atoms with van der Waals surface area (Å²) in [6.07, 6.45) is 2.85. The van der Waals surface area contributed by atoms with Crippen LogP contribution in [0.1, 0.15) is 33.6 Å². The second-order valence-corrected chi connectivity index (χ2v) is 2.84. The van der Waals surface area contributed by atoms with E-state index in [1.807, 2.05) is 20.9 Å². The lowest BCUT2D eigenvalue weighted by atomic mass is 10.1. The Hall–Kier alpha value is -0.0400. The molecule has 0 heterocycles. The van der Waals surface area contributed by atoms with E-state index in [0.29, 0.717) is 5.41 Å². The van der Waals surface area contributed by atoms with Crippen molar-refractivity contribution in [3.05, 3.63) is 0 Å². The number of hydrogen-bond acceptors (Lipinski definition) is 1. The van der Waals surface area contributed by atoms with Gasteiger partial charge >= 0.3 is 0 Å². The smallest absolute Gasteiger partial charge is 0.000216 e. The van der Waals surface area contributed by atoms with E-state index in [9.17, 15) is 0 Å². The molecule has 1 nitrogen and oxygen atoms in total. The quantitative estimate of drug-likeness (QED) is 0.601. The van der Waals surface area contributed by atoms with E-state index in [-0.39, 0.29) is 0 Å². The van der Waals surface area contributed by atoms with E-state index >= 15 is 0 Å². The van der Waals surface area contributed by atoms with Gasteiger partial charge in [-0.2, -0.15) is 0 Å². The van der Waals surface area contributed by atoms with Crippen LogP contribution in [0.15, 0.2) is 0 Å². The summed E-state index contributed by atoms with van der Waals surface area (Å²) < 4.78 is 0. The second kappa shape index (κ2) is 3.89. The third-order valence-corrected chi connectivity index (χ3v) is 1.71. The van der Waals surface area contributed by atoms with Crippen molar-refractivity contribution in [1.82, 2.24) is 5.32 Å². The molecule has 1 fully saturated rings. The maximum absolute atomic E-state index is 3.17. The summed E-state index contributed by atoms with van der Waals surface area (Å²) in [6.45, 7) is 7.52. The maximum Gasteiger partial charge on any atom is 0.000216 e. The van der Waals surface area contributed by atoms with Gasteiger partial charge < -0.3 is 5.32 Å². The normalized spacial score (nSPS) is 20.0. The summed E-state index contributed by atoms with van der Waals surface area (Å²) >= 11 is 0. The van der Waals surface area contributed by atoms with Crippen LogP contribution < -0.4 is 5.32 Å². The van der Waals surface area contributed by atoms with Crippen molar-refractivity contribution in [2.24, 2.45) is 5.41 Å². The lowest BCUT2D eigenvalue weighted by Crippen LogP contribution is -2.16. The van der Waals surface area contributed by atoms with Gasteiger partial charge in [-0.25, -0.2) is 0 Å². The molecule has 0 aliphatic heterocycles. The lowest BCUT2D eigenvalue weighted by molar-refractivity contribution is 0.532. The van der Waals surface area contributed by atoms with Crippen molar-refractivity contribution < 1.29 is 0 Å². The van der Waals surface area contributed by atoms with Crippen LogP contribution in [0.3, 0.4) is 0 Å². The van der Waals surface area contributed by atoms with E-state index < -0.39 is 0 Å². The van der Waals surface area contributed by atoms with Crippen LogP contribution in [0.25, 0.3) is 0 Å². The highest BCUT2D eigenvalue weighted by Crippen LogP contribution is 2.43. The van der Waals surface area contributed by atoms with Crippen LogP contribution in [-0.4, -0.2) is 13.6 Å². The molecule has 0 aromatic heterocycles. The van der Waals surface area contributed by atoms with Crippen molar-refractivity contribution in [2.75, 3.05) is 13.6 Å². The predicted octanol–water partition coefficient (Wildman–Crippen LogP) is 2.03. The van der Waals surface area contributed by atoms with Gasteiger partial charge in [-0.1, -0.05) is 20.8 Å². The third-order valence-electron chi connectivity index (χ3n) is 1.71. The first kappa shape index (κ1) is 8.96. The number of hydrogen-bond donors (Lipinski definition) is 1. The van der Waals surface area contributed by atoms with Crippen molar-refractivity contribution in [3.63, 3.8) is 0 Å². The van der Waals surface area contributed by atoms with Gasteiger partial charge in [0, 0.05) is 6.54 Å². The highest BCUT2D eigenvalue weighted by atomic mass is 14.8. The standard InChI is InChI=1S/C6H13N.C2H6/c1-6(3-4-6)5-7-2;1-2/h7H,3-5H2,1-2H3;1-2H3. The van der Waals surface area contributed by atoms with Gasteiger partial charge in [-0.15, -0.1) is 0 Å². The summed E-state index contributed by atoms with van der Waals surface area (Å²) in [5.41, 5.74) is 0.689.